The van der Waals surface area contributed by atoms with Gasteiger partial charge in [-0.05, 0) is 37.2 Å². The summed E-state index contributed by atoms with van der Waals surface area (Å²) in [5.74, 6) is -0.0287. The molecule has 0 spiro atoms. The van der Waals surface area contributed by atoms with Crippen LogP contribution in [0.15, 0.2) is 29.2 Å². The Balaban J connectivity index is 2.05. The van der Waals surface area contributed by atoms with Crippen LogP contribution >= 0.6 is 0 Å². The third kappa shape index (κ3) is 4.80. The van der Waals surface area contributed by atoms with E-state index in [0.29, 0.717) is 25.2 Å². The number of hydrogen-bond donors (Lipinski definition) is 0. The van der Waals surface area contributed by atoms with Crippen LogP contribution in [0.5, 0.6) is 0 Å². The Kier molecular flexibility index (Phi) is 6.98. The number of rotatable bonds is 7. The second-order valence-corrected chi connectivity index (χ2v) is 8.48. The van der Waals surface area contributed by atoms with Gasteiger partial charge in [0, 0.05) is 45.3 Å². The molecule has 0 aliphatic carbocycles. The zero-order chi connectivity index (χ0) is 18.4. The quantitative estimate of drug-likeness (QED) is 0.738. The first-order valence-electron chi connectivity index (χ1n) is 8.98. The number of amides is 1. The lowest BCUT2D eigenvalue weighted by Crippen LogP contribution is -2.48. The molecule has 1 aromatic rings. The lowest BCUT2D eigenvalue weighted by atomic mass is 10.2. The molecule has 1 heterocycles. The van der Waals surface area contributed by atoms with Crippen molar-refractivity contribution in [2.24, 2.45) is 0 Å². The fourth-order valence-corrected chi connectivity index (χ4v) is 4.11. The molecule has 0 bridgehead atoms. The highest BCUT2D eigenvalue weighted by Gasteiger charge is 2.23. The van der Waals surface area contributed by atoms with Gasteiger partial charge in [-0.15, -0.1) is 0 Å². The van der Waals surface area contributed by atoms with Crippen LogP contribution in [-0.2, 0) is 10.0 Å². The summed E-state index contributed by atoms with van der Waals surface area (Å²) in [6, 6.07) is 6.31. The summed E-state index contributed by atoms with van der Waals surface area (Å²) in [6.45, 7) is 8.85. The van der Waals surface area contributed by atoms with E-state index < -0.39 is 10.0 Å². The van der Waals surface area contributed by atoms with Crippen molar-refractivity contribution in [3.8, 4) is 0 Å². The van der Waals surface area contributed by atoms with E-state index in [1.54, 1.807) is 19.2 Å². The molecule has 0 atom stereocenters. The summed E-state index contributed by atoms with van der Waals surface area (Å²) in [6.07, 6.45) is 1.77. The van der Waals surface area contributed by atoms with Gasteiger partial charge in [-0.3, -0.25) is 4.79 Å². The summed E-state index contributed by atoms with van der Waals surface area (Å²) in [5, 5.41) is 0. The highest BCUT2D eigenvalue weighted by atomic mass is 32.2. The second kappa shape index (κ2) is 8.78. The average molecular weight is 368 g/mol. The van der Waals surface area contributed by atoms with Gasteiger partial charge in [0.2, 0.25) is 10.0 Å². The van der Waals surface area contributed by atoms with Crippen LogP contribution in [0.25, 0.3) is 0 Å². The normalized spacial score (nSPS) is 16.4. The van der Waals surface area contributed by atoms with Crippen molar-refractivity contribution in [3.05, 3.63) is 29.8 Å². The summed E-state index contributed by atoms with van der Waals surface area (Å²) < 4.78 is 26.4. The number of piperazine rings is 1. The molecule has 1 fully saturated rings. The molecule has 1 amide bonds. The Morgan fingerprint density at radius 3 is 2.20 bits per heavy atom. The van der Waals surface area contributed by atoms with Crippen LogP contribution in [0, 0.1) is 0 Å². The molecule has 1 saturated heterocycles. The molecule has 140 valence electrons. The number of likely N-dealkylation sites (N-methyl/N-ethyl adjacent to an activating group) is 1. The molecule has 6 nitrogen and oxygen atoms in total. The predicted octanol–water partition coefficient (Wildman–Crippen LogP) is 1.88. The van der Waals surface area contributed by atoms with E-state index in [1.165, 1.54) is 16.4 Å². The topological polar surface area (TPSA) is 60.9 Å². The molecule has 1 aliphatic heterocycles. The first-order chi connectivity index (χ1) is 11.9. The molecule has 0 radical (unpaired) electrons. The summed E-state index contributed by atoms with van der Waals surface area (Å²) >= 11 is 0. The highest BCUT2D eigenvalue weighted by molar-refractivity contribution is 7.89. The third-order valence-electron chi connectivity index (χ3n) is 4.74. The zero-order valence-corrected chi connectivity index (χ0v) is 16.3. The molecule has 0 unspecified atom stereocenters. The first kappa shape index (κ1) is 19.9. The van der Waals surface area contributed by atoms with Crippen molar-refractivity contribution in [2.45, 2.75) is 31.6 Å². The van der Waals surface area contributed by atoms with Gasteiger partial charge in [0.1, 0.15) is 0 Å². The highest BCUT2D eigenvalue weighted by Crippen LogP contribution is 2.17. The molecule has 7 heteroatoms. The fraction of sp³-hybridized carbons (Fsp3) is 0.611. The maximum Gasteiger partial charge on any atom is 0.253 e. The summed E-state index contributed by atoms with van der Waals surface area (Å²) in [4.78, 5) is 17.0. The van der Waals surface area contributed by atoms with Crippen LogP contribution in [0.1, 0.15) is 37.0 Å². The molecule has 1 aliphatic rings. The van der Waals surface area contributed by atoms with Crippen molar-refractivity contribution in [1.82, 2.24) is 14.1 Å². The molecule has 0 aromatic heterocycles. The number of nitrogens with zero attached hydrogens (tertiary/aromatic N) is 3. The average Bonchev–Trinajstić information content (AvgIpc) is 2.65. The molecular weight excluding hydrogens is 338 g/mol. The smallest absolute Gasteiger partial charge is 0.253 e. The first-order valence-corrected chi connectivity index (χ1v) is 10.4. The predicted molar refractivity (Wildman–Crippen MR) is 99.2 cm³/mol. The van der Waals surface area contributed by atoms with Crippen LogP contribution in [0.4, 0.5) is 0 Å². The fourth-order valence-electron chi connectivity index (χ4n) is 2.90. The third-order valence-corrected chi connectivity index (χ3v) is 6.61. The van der Waals surface area contributed by atoms with Gasteiger partial charge in [0.25, 0.3) is 5.91 Å². The molecule has 2 rings (SSSR count). The minimum absolute atomic E-state index is 0.0287. The molecular formula is C18H29N3O3S. The Hall–Kier alpha value is -1.44. The number of carbonyl (C=O) groups is 1. The van der Waals surface area contributed by atoms with Gasteiger partial charge in [0.15, 0.2) is 0 Å². The van der Waals surface area contributed by atoms with Crippen molar-refractivity contribution in [2.75, 3.05) is 46.3 Å². The minimum atomic E-state index is -3.49. The van der Waals surface area contributed by atoms with Gasteiger partial charge in [-0.2, -0.15) is 0 Å². The van der Waals surface area contributed by atoms with E-state index >= 15 is 0 Å². The zero-order valence-electron chi connectivity index (χ0n) is 15.4. The van der Waals surface area contributed by atoms with Gasteiger partial charge in [0.05, 0.1) is 4.90 Å². The lowest BCUT2D eigenvalue weighted by molar-refractivity contribution is 0.0643. The largest absolute Gasteiger partial charge is 0.336 e. The van der Waals surface area contributed by atoms with E-state index in [9.17, 15) is 13.2 Å². The number of sulfonamides is 1. The monoisotopic (exact) mass is 367 g/mol. The maximum atomic E-state index is 12.6. The van der Waals surface area contributed by atoms with Crippen LogP contribution < -0.4 is 0 Å². The van der Waals surface area contributed by atoms with E-state index in [2.05, 4.69) is 11.8 Å². The minimum Gasteiger partial charge on any atom is -0.336 e. The Morgan fingerprint density at radius 1 is 1.08 bits per heavy atom. The Bertz CT molecular complexity index is 665. The van der Waals surface area contributed by atoms with E-state index in [1.807, 2.05) is 11.8 Å². The van der Waals surface area contributed by atoms with Crippen molar-refractivity contribution >= 4 is 15.9 Å². The van der Waals surface area contributed by atoms with E-state index in [-0.39, 0.29) is 10.8 Å². The van der Waals surface area contributed by atoms with Gasteiger partial charge >= 0.3 is 0 Å². The molecule has 0 N–H and O–H groups in total. The standard InChI is InChI=1S/C18H29N3O3S/c1-4-6-11-19(3)25(23,24)17-9-7-16(8-10-17)18(22)21-14-12-20(5-2)13-15-21/h7-10H,4-6,11-15H2,1-3H3. The Labute approximate surface area is 151 Å². The van der Waals surface area contributed by atoms with Crippen LogP contribution in [0.3, 0.4) is 0 Å². The molecule has 1 aromatic carbocycles. The van der Waals surface area contributed by atoms with E-state index in [4.69, 9.17) is 0 Å². The molecule has 25 heavy (non-hydrogen) atoms. The van der Waals surface area contributed by atoms with Gasteiger partial charge in [-0.1, -0.05) is 20.3 Å². The van der Waals surface area contributed by atoms with Gasteiger partial charge in [-0.25, -0.2) is 12.7 Å². The van der Waals surface area contributed by atoms with Crippen LogP contribution in [0.2, 0.25) is 0 Å². The second-order valence-electron chi connectivity index (χ2n) is 6.43. The van der Waals surface area contributed by atoms with Crippen molar-refractivity contribution < 1.29 is 13.2 Å². The summed E-state index contributed by atoms with van der Waals surface area (Å²) in [5.41, 5.74) is 0.542. The molecule has 0 saturated carbocycles. The number of hydrogen-bond acceptors (Lipinski definition) is 4. The summed E-state index contributed by atoms with van der Waals surface area (Å²) in [7, 11) is -1.89. The van der Waals surface area contributed by atoms with Crippen molar-refractivity contribution in [1.29, 1.82) is 0 Å². The maximum absolute atomic E-state index is 12.6. The number of unbranched alkanes of at least 4 members (excludes halogenated alkanes) is 1. The van der Waals surface area contributed by atoms with Crippen LogP contribution in [-0.4, -0.2) is 74.7 Å². The number of carbonyl (C=O) groups excluding carboxylic acids is 1. The van der Waals surface area contributed by atoms with Gasteiger partial charge < -0.3 is 9.80 Å². The van der Waals surface area contributed by atoms with E-state index in [0.717, 1.165) is 32.5 Å². The Morgan fingerprint density at radius 2 is 1.68 bits per heavy atom. The van der Waals surface area contributed by atoms with Crippen molar-refractivity contribution in [3.63, 3.8) is 0 Å². The number of benzene rings is 1. The lowest BCUT2D eigenvalue weighted by Gasteiger charge is -2.34. The SMILES string of the molecule is CCCCN(C)S(=O)(=O)c1ccc(C(=O)N2CCN(CC)CC2)cc1.